The molecule has 2 aromatic carbocycles. The van der Waals surface area contributed by atoms with E-state index in [2.05, 4.69) is 4.72 Å². The van der Waals surface area contributed by atoms with Gasteiger partial charge in [-0.25, -0.2) is 8.42 Å². The summed E-state index contributed by atoms with van der Waals surface area (Å²) in [7, 11) is -3.64. The molecule has 4 nitrogen and oxygen atoms in total. The number of nitriles is 1. The molecule has 0 fully saturated rings. The molecule has 0 atom stereocenters. The van der Waals surface area contributed by atoms with Gasteiger partial charge in [-0.05, 0) is 97.8 Å². The van der Waals surface area contributed by atoms with Crippen molar-refractivity contribution in [3.8, 4) is 5.40 Å². The molecular formula is C19H20N2O2S2. The molecule has 0 saturated heterocycles. The van der Waals surface area contributed by atoms with E-state index >= 15 is 0 Å². The highest BCUT2D eigenvalue weighted by Crippen LogP contribution is 2.30. The molecular weight excluding hydrogens is 352 g/mol. The van der Waals surface area contributed by atoms with Gasteiger partial charge in [0.25, 0.3) is 10.0 Å². The summed E-state index contributed by atoms with van der Waals surface area (Å²) in [4.78, 5) is 1.12. The second-order valence-electron chi connectivity index (χ2n) is 6.37. The monoisotopic (exact) mass is 372 g/mol. The van der Waals surface area contributed by atoms with Gasteiger partial charge in [-0.2, -0.15) is 5.26 Å². The molecule has 25 heavy (non-hydrogen) atoms. The van der Waals surface area contributed by atoms with E-state index in [1.165, 1.54) is 12.0 Å². The minimum absolute atomic E-state index is 0.308. The molecule has 0 radical (unpaired) electrons. The third-order valence-electron chi connectivity index (χ3n) is 4.54. The summed E-state index contributed by atoms with van der Waals surface area (Å²) < 4.78 is 28.4. The van der Waals surface area contributed by atoms with Crippen LogP contribution in [0.2, 0.25) is 0 Å². The van der Waals surface area contributed by atoms with Crippen molar-refractivity contribution in [3.05, 3.63) is 52.6 Å². The Morgan fingerprint density at radius 2 is 1.68 bits per heavy atom. The number of fused-ring (bicyclic) bond motifs is 1. The number of nitrogens with zero attached hydrogens (tertiary/aromatic N) is 1. The topological polar surface area (TPSA) is 70.0 Å². The molecule has 0 amide bonds. The van der Waals surface area contributed by atoms with Crippen LogP contribution in [0.1, 0.15) is 35.1 Å². The van der Waals surface area contributed by atoms with Gasteiger partial charge in [0.1, 0.15) is 5.40 Å². The molecule has 1 N–H and O–H groups in total. The summed E-state index contributed by atoms with van der Waals surface area (Å²) in [5.74, 6) is 0. The Bertz CT molecular complexity index is 937. The predicted molar refractivity (Wildman–Crippen MR) is 101 cm³/mol. The van der Waals surface area contributed by atoms with Crippen LogP contribution in [0.15, 0.2) is 40.1 Å². The summed E-state index contributed by atoms with van der Waals surface area (Å²) in [6, 6.07) is 9.09. The Balaban J connectivity index is 1.93. The Labute approximate surface area is 153 Å². The maximum Gasteiger partial charge on any atom is 0.261 e. The van der Waals surface area contributed by atoms with Crippen LogP contribution >= 0.6 is 11.8 Å². The van der Waals surface area contributed by atoms with Crippen LogP contribution in [0.5, 0.6) is 0 Å². The standard InChI is InChI=1S/C19H20N2O2S2/c1-13-9-17(24-12-20)10-14(2)19(13)21-25(22,23)18-8-7-15-5-3-4-6-16(15)11-18/h7-11,21H,3-6H2,1-2H3. The highest BCUT2D eigenvalue weighted by Gasteiger charge is 2.19. The van der Waals surface area contributed by atoms with Gasteiger partial charge in [0.2, 0.25) is 0 Å². The number of nitrogens with one attached hydrogen (secondary N) is 1. The minimum atomic E-state index is -3.64. The van der Waals surface area contributed by atoms with Crippen molar-refractivity contribution in [3.63, 3.8) is 0 Å². The fourth-order valence-corrected chi connectivity index (χ4v) is 5.10. The molecule has 0 aliphatic heterocycles. The summed E-state index contributed by atoms with van der Waals surface area (Å²) in [5, 5.41) is 10.8. The number of benzene rings is 2. The van der Waals surface area contributed by atoms with Crippen LogP contribution in [0, 0.1) is 24.5 Å². The maximum atomic E-state index is 12.8. The van der Waals surface area contributed by atoms with Gasteiger partial charge >= 0.3 is 0 Å². The zero-order valence-corrected chi connectivity index (χ0v) is 15.9. The van der Waals surface area contributed by atoms with Crippen LogP contribution < -0.4 is 4.72 Å². The van der Waals surface area contributed by atoms with Crippen molar-refractivity contribution in [2.45, 2.75) is 49.3 Å². The fourth-order valence-electron chi connectivity index (χ4n) is 3.27. The molecule has 3 rings (SSSR count). The van der Waals surface area contributed by atoms with Gasteiger partial charge in [0, 0.05) is 4.90 Å². The van der Waals surface area contributed by atoms with Crippen LogP contribution in [-0.2, 0) is 22.9 Å². The lowest BCUT2D eigenvalue weighted by Gasteiger charge is -2.18. The number of sulfonamides is 1. The lowest BCUT2D eigenvalue weighted by Crippen LogP contribution is -2.16. The SMILES string of the molecule is Cc1cc(SC#N)cc(C)c1NS(=O)(=O)c1ccc2c(c1)CCCC2. The number of hydrogen-bond acceptors (Lipinski definition) is 4. The van der Waals surface area contributed by atoms with Crippen LogP contribution in [0.25, 0.3) is 0 Å². The molecule has 0 saturated carbocycles. The van der Waals surface area contributed by atoms with E-state index in [0.29, 0.717) is 10.6 Å². The van der Waals surface area contributed by atoms with Crippen molar-refractivity contribution in [2.75, 3.05) is 4.72 Å². The van der Waals surface area contributed by atoms with E-state index in [1.54, 1.807) is 12.1 Å². The van der Waals surface area contributed by atoms with Crippen molar-refractivity contribution < 1.29 is 8.42 Å². The predicted octanol–water partition coefficient (Wildman–Crippen LogP) is 4.56. The van der Waals surface area contributed by atoms with E-state index in [1.807, 2.05) is 37.4 Å². The minimum Gasteiger partial charge on any atom is -0.279 e. The Morgan fingerprint density at radius 3 is 2.32 bits per heavy atom. The van der Waals surface area contributed by atoms with E-state index in [4.69, 9.17) is 5.26 Å². The summed E-state index contributed by atoms with van der Waals surface area (Å²) in [5.41, 5.74) is 4.59. The summed E-state index contributed by atoms with van der Waals surface area (Å²) in [6.45, 7) is 3.69. The quantitative estimate of drug-likeness (QED) is 0.631. The van der Waals surface area contributed by atoms with E-state index in [-0.39, 0.29) is 0 Å². The van der Waals surface area contributed by atoms with E-state index < -0.39 is 10.0 Å². The molecule has 130 valence electrons. The molecule has 0 bridgehead atoms. The first-order chi connectivity index (χ1) is 11.9. The van der Waals surface area contributed by atoms with Gasteiger partial charge in [-0.3, -0.25) is 4.72 Å². The Morgan fingerprint density at radius 1 is 1.04 bits per heavy atom. The zero-order valence-electron chi connectivity index (χ0n) is 14.3. The van der Waals surface area contributed by atoms with Crippen molar-refractivity contribution >= 4 is 27.5 Å². The van der Waals surface area contributed by atoms with Gasteiger partial charge in [0.05, 0.1) is 10.6 Å². The number of anilines is 1. The highest BCUT2D eigenvalue weighted by atomic mass is 32.2. The van der Waals surface area contributed by atoms with Crippen LogP contribution in [0.4, 0.5) is 5.69 Å². The second kappa shape index (κ2) is 7.11. The van der Waals surface area contributed by atoms with Crippen molar-refractivity contribution in [1.82, 2.24) is 0 Å². The molecule has 0 unspecified atom stereocenters. The summed E-state index contributed by atoms with van der Waals surface area (Å²) >= 11 is 1.07. The third kappa shape index (κ3) is 3.83. The third-order valence-corrected chi connectivity index (χ3v) is 6.45. The number of aryl methyl sites for hydroxylation is 4. The van der Waals surface area contributed by atoms with Gasteiger partial charge < -0.3 is 0 Å². The molecule has 1 aliphatic carbocycles. The van der Waals surface area contributed by atoms with Crippen LogP contribution in [0.3, 0.4) is 0 Å². The average Bonchev–Trinajstić information content (AvgIpc) is 2.58. The van der Waals surface area contributed by atoms with Gasteiger partial charge in [0.15, 0.2) is 0 Å². The molecule has 6 heteroatoms. The first-order valence-electron chi connectivity index (χ1n) is 8.22. The number of thiocyanates is 1. The Kier molecular flexibility index (Phi) is 5.07. The van der Waals surface area contributed by atoms with Crippen molar-refractivity contribution in [1.29, 1.82) is 5.26 Å². The Hall–Kier alpha value is -1.97. The van der Waals surface area contributed by atoms with E-state index in [9.17, 15) is 8.42 Å². The molecule has 0 heterocycles. The smallest absolute Gasteiger partial charge is 0.261 e. The van der Waals surface area contributed by atoms with E-state index in [0.717, 1.165) is 52.6 Å². The lowest BCUT2D eigenvalue weighted by molar-refractivity contribution is 0.600. The average molecular weight is 373 g/mol. The van der Waals surface area contributed by atoms with Gasteiger partial charge in [-0.15, -0.1) is 0 Å². The number of rotatable bonds is 4. The molecule has 1 aliphatic rings. The first-order valence-corrected chi connectivity index (χ1v) is 10.5. The second-order valence-corrected chi connectivity index (χ2v) is 8.91. The molecule has 2 aromatic rings. The molecule has 0 spiro atoms. The van der Waals surface area contributed by atoms with Gasteiger partial charge in [-0.1, -0.05) is 6.07 Å². The number of hydrogen-bond donors (Lipinski definition) is 1. The maximum absolute atomic E-state index is 12.8. The van der Waals surface area contributed by atoms with Crippen LogP contribution in [-0.4, -0.2) is 8.42 Å². The first kappa shape index (κ1) is 17.8. The number of thioether (sulfide) groups is 1. The highest BCUT2D eigenvalue weighted by molar-refractivity contribution is 8.03. The fraction of sp³-hybridized carbons (Fsp3) is 0.316. The normalized spacial score (nSPS) is 13.8. The molecule has 0 aromatic heterocycles. The van der Waals surface area contributed by atoms with Crippen molar-refractivity contribution in [2.24, 2.45) is 0 Å². The lowest BCUT2D eigenvalue weighted by atomic mass is 9.92. The zero-order chi connectivity index (χ0) is 18.0. The largest absolute Gasteiger partial charge is 0.279 e. The summed E-state index contributed by atoms with van der Waals surface area (Å²) in [6.07, 6.45) is 4.25.